The fraction of sp³-hybridized carbons (Fsp3) is 0.393. The molecule has 2 aliphatic rings. The third-order valence-electron chi connectivity index (χ3n) is 6.59. The number of ether oxygens (including phenoxy) is 1. The maximum Gasteiger partial charge on any atom is 0.360 e. The summed E-state index contributed by atoms with van der Waals surface area (Å²) in [6.07, 6.45) is 0. The summed E-state index contributed by atoms with van der Waals surface area (Å²) in [5.74, 6) is -1.55. The van der Waals surface area contributed by atoms with Crippen LogP contribution in [0.25, 0.3) is 0 Å². The fourth-order valence-corrected chi connectivity index (χ4v) is 7.07. The van der Waals surface area contributed by atoms with Crippen molar-refractivity contribution in [2.24, 2.45) is 5.41 Å². The highest BCUT2D eigenvalue weighted by atomic mass is 31.2. The van der Waals surface area contributed by atoms with Crippen LogP contribution in [-0.2, 0) is 29.7 Å². The zero-order valence-electron chi connectivity index (χ0n) is 22.6. The van der Waals surface area contributed by atoms with Crippen LogP contribution in [0.4, 0.5) is 5.69 Å². The molecule has 0 unspecified atom stereocenters. The van der Waals surface area contributed by atoms with Crippen LogP contribution in [0.3, 0.4) is 0 Å². The van der Waals surface area contributed by atoms with Gasteiger partial charge in [0.15, 0.2) is 0 Å². The van der Waals surface area contributed by atoms with E-state index in [1.54, 1.807) is 19.9 Å². The van der Waals surface area contributed by atoms with Crippen LogP contribution >= 0.6 is 7.60 Å². The maximum absolute atomic E-state index is 14.1. The van der Waals surface area contributed by atoms with Gasteiger partial charge in [-0.25, -0.2) is 4.79 Å². The van der Waals surface area contributed by atoms with Crippen molar-refractivity contribution in [2.75, 3.05) is 26.4 Å². The number of benzene rings is 2. The van der Waals surface area contributed by atoms with Gasteiger partial charge in [-0.15, -0.1) is 0 Å². The first-order valence-electron chi connectivity index (χ1n) is 12.8. The molecule has 0 amide bonds. The average molecular weight is 556 g/mol. The Morgan fingerprint density at radius 2 is 1.82 bits per heavy atom. The van der Waals surface area contributed by atoms with Gasteiger partial charge < -0.3 is 24.4 Å². The average Bonchev–Trinajstić information content (AvgIpc) is 2.90. The van der Waals surface area contributed by atoms with Crippen molar-refractivity contribution in [3.8, 4) is 0 Å². The number of carbonyl (C=O) groups excluding carboxylic acids is 1. The SMILES string of the molecule is CC1=C(C(=O)OCCNCc2ccccc2)[C@@H](c2cccc([N+](=O)[O-])c2)C(P2(=O)OCC(C)(C)CO2)=C(C)N1. The first-order chi connectivity index (χ1) is 18.5. The molecule has 4 rings (SSSR count). The van der Waals surface area contributed by atoms with E-state index in [-0.39, 0.29) is 41.8 Å². The van der Waals surface area contributed by atoms with E-state index in [0.29, 0.717) is 30.0 Å². The highest BCUT2D eigenvalue weighted by molar-refractivity contribution is 7.58. The van der Waals surface area contributed by atoms with E-state index in [2.05, 4.69) is 10.6 Å². The molecule has 0 saturated carbocycles. The standard InChI is InChI=1S/C28H34N3O7P/c1-19-24(27(32)36-14-13-29-16-21-9-6-5-7-10-21)25(22-11-8-12-23(15-22)31(33)34)26(20(2)30-19)39(35)37-17-28(3,4)18-38-39/h5-12,15,25,29-30H,13-14,16-18H2,1-4H3/t25-/m1/s1. The third-order valence-corrected chi connectivity index (χ3v) is 8.71. The smallest absolute Gasteiger partial charge is 0.360 e. The van der Waals surface area contributed by atoms with E-state index in [9.17, 15) is 19.5 Å². The summed E-state index contributed by atoms with van der Waals surface area (Å²) in [7, 11) is -3.87. The Balaban J connectivity index is 1.62. The third kappa shape index (κ3) is 6.65. The highest BCUT2D eigenvalue weighted by Crippen LogP contribution is 2.66. The number of nitrogens with one attached hydrogen (secondary N) is 2. The van der Waals surface area contributed by atoms with Gasteiger partial charge in [0.25, 0.3) is 5.69 Å². The molecule has 11 heteroatoms. The van der Waals surface area contributed by atoms with E-state index in [1.165, 1.54) is 18.2 Å². The number of hydrogen-bond donors (Lipinski definition) is 2. The Morgan fingerprint density at radius 3 is 2.49 bits per heavy atom. The van der Waals surface area contributed by atoms with Crippen LogP contribution in [0.2, 0.25) is 0 Å². The van der Waals surface area contributed by atoms with Crippen LogP contribution in [0.1, 0.15) is 44.7 Å². The van der Waals surface area contributed by atoms with Crippen LogP contribution in [0.5, 0.6) is 0 Å². The molecule has 208 valence electrons. The predicted molar refractivity (Wildman–Crippen MR) is 147 cm³/mol. The molecule has 0 spiro atoms. The van der Waals surface area contributed by atoms with Crippen LogP contribution in [0, 0.1) is 15.5 Å². The number of nitro groups is 1. The number of hydrogen-bond acceptors (Lipinski definition) is 9. The molecule has 1 saturated heterocycles. The Labute approximate surface area is 228 Å². The summed E-state index contributed by atoms with van der Waals surface area (Å²) >= 11 is 0. The molecule has 1 fully saturated rings. The summed E-state index contributed by atoms with van der Waals surface area (Å²) < 4.78 is 31.5. The van der Waals surface area contributed by atoms with Gasteiger partial charge in [-0.05, 0) is 25.0 Å². The quantitative estimate of drug-likeness (QED) is 0.138. The molecule has 1 atom stereocenters. The Bertz CT molecular complexity index is 1340. The van der Waals surface area contributed by atoms with Gasteiger partial charge in [0.1, 0.15) is 6.61 Å². The number of dihydropyridines is 1. The number of allylic oxidation sites excluding steroid dienone is 3. The van der Waals surface area contributed by atoms with Gasteiger partial charge in [0.2, 0.25) is 0 Å². The predicted octanol–water partition coefficient (Wildman–Crippen LogP) is 5.39. The van der Waals surface area contributed by atoms with Gasteiger partial charge in [0.05, 0.1) is 34.9 Å². The normalized spacial score (nSPS) is 20.4. The van der Waals surface area contributed by atoms with Crippen molar-refractivity contribution in [1.29, 1.82) is 0 Å². The molecule has 39 heavy (non-hydrogen) atoms. The van der Waals surface area contributed by atoms with Crippen molar-refractivity contribution in [3.63, 3.8) is 0 Å². The van der Waals surface area contributed by atoms with E-state index >= 15 is 0 Å². The lowest BCUT2D eigenvalue weighted by Crippen LogP contribution is -2.34. The van der Waals surface area contributed by atoms with E-state index in [1.807, 2.05) is 44.2 Å². The first kappa shape index (κ1) is 28.7. The lowest BCUT2D eigenvalue weighted by molar-refractivity contribution is -0.384. The number of carbonyl (C=O) groups is 1. The second-order valence-electron chi connectivity index (χ2n) is 10.5. The monoisotopic (exact) mass is 555 g/mol. The maximum atomic E-state index is 14.1. The summed E-state index contributed by atoms with van der Waals surface area (Å²) in [5, 5.41) is 18.2. The zero-order valence-corrected chi connectivity index (χ0v) is 23.5. The second-order valence-corrected chi connectivity index (χ2v) is 12.5. The molecule has 2 heterocycles. The van der Waals surface area contributed by atoms with Crippen LogP contribution in [-0.4, -0.2) is 37.3 Å². The molecule has 10 nitrogen and oxygen atoms in total. The van der Waals surface area contributed by atoms with Crippen molar-refractivity contribution in [3.05, 3.63) is 98.1 Å². The zero-order chi connectivity index (χ0) is 28.2. The Kier molecular flexibility index (Phi) is 8.71. The summed E-state index contributed by atoms with van der Waals surface area (Å²) in [5.41, 5.74) is 2.24. The molecule has 0 aliphatic carbocycles. The molecule has 2 aromatic rings. The molecular formula is C28H34N3O7P. The van der Waals surface area contributed by atoms with Crippen molar-refractivity contribution in [2.45, 2.75) is 40.2 Å². The second kappa shape index (κ2) is 11.8. The lowest BCUT2D eigenvalue weighted by Gasteiger charge is -2.39. The van der Waals surface area contributed by atoms with E-state index in [4.69, 9.17) is 13.8 Å². The summed E-state index contributed by atoms with van der Waals surface area (Å²) in [6.45, 7) is 8.85. The van der Waals surface area contributed by atoms with Gasteiger partial charge in [-0.2, -0.15) is 0 Å². The van der Waals surface area contributed by atoms with Gasteiger partial charge in [-0.1, -0.05) is 56.3 Å². The van der Waals surface area contributed by atoms with Crippen LogP contribution < -0.4 is 10.6 Å². The fourth-order valence-electron chi connectivity index (χ4n) is 4.62. The van der Waals surface area contributed by atoms with E-state index < -0.39 is 24.4 Å². The van der Waals surface area contributed by atoms with Crippen LogP contribution in [0.15, 0.2) is 76.9 Å². The minimum absolute atomic E-state index is 0.0982. The minimum atomic E-state index is -3.87. The summed E-state index contributed by atoms with van der Waals surface area (Å²) in [4.78, 5) is 24.6. The molecule has 0 radical (unpaired) electrons. The topological polar surface area (TPSA) is 129 Å². The van der Waals surface area contributed by atoms with Crippen molar-refractivity contribution >= 4 is 19.3 Å². The lowest BCUT2D eigenvalue weighted by atomic mass is 9.86. The number of rotatable bonds is 9. The molecule has 2 aliphatic heterocycles. The van der Waals surface area contributed by atoms with Crippen molar-refractivity contribution < 1.29 is 28.1 Å². The van der Waals surface area contributed by atoms with Gasteiger partial charge in [0, 0.05) is 42.0 Å². The number of nitrogens with zero attached hydrogens (tertiary/aromatic N) is 1. The Hall–Kier alpha value is -3.30. The molecule has 2 N–H and O–H groups in total. The number of nitro benzene ring substituents is 1. The molecular weight excluding hydrogens is 521 g/mol. The number of non-ortho nitro benzene ring substituents is 1. The summed E-state index contributed by atoms with van der Waals surface area (Å²) in [6, 6.07) is 15.8. The van der Waals surface area contributed by atoms with Gasteiger partial charge in [-0.3, -0.25) is 14.7 Å². The molecule has 2 aromatic carbocycles. The highest BCUT2D eigenvalue weighted by Gasteiger charge is 2.48. The Morgan fingerprint density at radius 1 is 1.13 bits per heavy atom. The van der Waals surface area contributed by atoms with Crippen molar-refractivity contribution in [1.82, 2.24) is 10.6 Å². The minimum Gasteiger partial charge on any atom is -0.461 e. The first-order valence-corrected chi connectivity index (χ1v) is 14.3. The van der Waals surface area contributed by atoms with Gasteiger partial charge >= 0.3 is 13.6 Å². The number of esters is 1. The largest absolute Gasteiger partial charge is 0.461 e. The molecule has 0 aromatic heterocycles. The molecule has 0 bridgehead atoms. The van der Waals surface area contributed by atoms with E-state index in [0.717, 1.165) is 5.56 Å².